The summed E-state index contributed by atoms with van der Waals surface area (Å²) < 4.78 is 0. The minimum atomic E-state index is -0.268. The van der Waals surface area contributed by atoms with Gasteiger partial charge in [-0.15, -0.1) is 11.3 Å². The second-order valence-corrected chi connectivity index (χ2v) is 7.35. The van der Waals surface area contributed by atoms with Crippen molar-refractivity contribution >= 4 is 28.3 Å². The lowest BCUT2D eigenvalue weighted by atomic mass is 10.1. The number of nitrogens with one attached hydrogen (secondary N) is 2. The number of nitrogens with zero attached hydrogens (tertiary/aromatic N) is 2. The third-order valence-corrected chi connectivity index (χ3v) is 5.66. The Morgan fingerprint density at radius 3 is 2.96 bits per heavy atom. The van der Waals surface area contributed by atoms with E-state index in [1.807, 2.05) is 28.6 Å². The Bertz CT molecular complexity index is 734. The molecule has 7 heteroatoms. The second-order valence-electron chi connectivity index (χ2n) is 6.50. The van der Waals surface area contributed by atoms with Gasteiger partial charge in [0.1, 0.15) is 0 Å². The Labute approximate surface area is 144 Å². The van der Waals surface area contributed by atoms with E-state index in [0.717, 1.165) is 24.2 Å². The molecule has 4 rings (SSSR count). The summed E-state index contributed by atoms with van der Waals surface area (Å²) in [5.41, 5.74) is 1.74. The first kappa shape index (κ1) is 15.4. The zero-order chi connectivity index (χ0) is 16.5. The smallest absolute Gasteiger partial charge is 0.231 e. The Morgan fingerprint density at radius 1 is 1.38 bits per heavy atom. The van der Waals surface area contributed by atoms with Crippen molar-refractivity contribution in [2.75, 3.05) is 11.9 Å². The lowest BCUT2D eigenvalue weighted by Gasteiger charge is -2.23. The van der Waals surface area contributed by atoms with Gasteiger partial charge in [-0.25, -0.2) is 4.98 Å². The predicted molar refractivity (Wildman–Crippen MR) is 92.6 cm³/mol. The van der Waals surface area contributed by atoms with Crippen LogP contribution in [0, 0.1) is 5.92 Å². The minimum Gasteiger partial charge on any atom is -0.360 e. The molecule has 1 aliphatic heterocycles. The van der Waals surface area contributed by atoms with Crippen LogP contribution in [0.3, 0.4) is 0 Å². The molecular formula is C17H20N4O2S. The van der Waals surface area contributed by atoms with Crippen LogP contribution in [0.2, 0.25) is 0 Å². The van der Waals surface area contributed by atoms with Crippen LogP contribution in [0.5, 0.6) is 0 Å². The largest absolute Gasteiger partial charge is 0.360 e. The van der Waals surface area contributed by atoms with Crippen molar-refractivity contribution < 1.29 is 9.59 Å². The lowest BCUT2D eigenvalue weighted by Crippen LogP contribution is -2.35. The predicted octanol–water partition coefficient (Wildman–Crippen LogP) is 2.87. The van der Waals surface area contributed by atoms with Crippen LogP contribution < -0.4 is 5.32 Å². The molecule has 1 saturated heterocycles. The Hall–Kier alpha value is -2.15. The van der Waals surface area contributed by atoms with Crippen molar-refractivity contribution in [1.82, 2.24) is 14.9 Å². The van der Waals surface area contributed by atoms with E-state index in [0.29, 0.717) is 24.1 Å². The second kappa shape index (κ2) is 6.39. The number of anilines is 1. The van der Waals surface area contributed by atoms with Gasteiger partial charge < -0.3 is 15.2 Å². The molecule has 2 N–H and O–H groups in total. The molecule has 1 unspecified atom stereocenters. The Morgan fingerprint density at radius 2 is 2.21 bits per heavy atom. The van der Waals surface area contributed by atoms with E-state index in [9.17, 15) is 9.59 Å². The molecule has 126 valence electrons. The van der Waals surface area contributed by atoms with Gasteiger partial charge in [-0.2, -0.15) is 0 Å². The summed E-state index contributed by atoms with van der Waals surface area (Å²) in [6, 6.07) is 4.19. The van der Waals surface area contributed by atoms with Crippen LogP contribution in [-0.2, 0) is 9.59 Å². The van der Waals surface area contributed by atoms with E-state index in [1.165, 1.54) is 24.2 Å². The molecule has 24 heavy (non-hydrogen) atoms. The topological polar surface area (TPSA) is 78.1 Å². The van der Waals surface area contributed by atoms with E-state index < -0.39 is 0 Å². The molecule has 1 saturated carbocycles. The van der Waals surface area contributed by atoms with Crippen molar-refractivity contribution in [3.63, 3.8) is 0 Å². The van der Waals surface area contributed by atoms with Crippen LogP contribution in [-0.4, -0.2) is 39.3 Å². The number of hydrogen-bond acceptors (Lipinski definition) is 4. The number of amides is 2. The summed E-state index contributed by atoms with van der Waals surface area (Å²) in [5, 5.41) is 5.36. The molecule has 1 aliphatic carbocycles. The number of carbonyl (C=O) groups is 2. The molecule has 2 aromatic heterocycles. The van der Waals surface area contributed by atoms with E-state index in [2.05, 4.69) is 15.3 Å². The van der Waals surface area contributed by atoms with Gasteiger partial charge in [-0.3, -0.25) is 9.59 Å². The average Bonchev–Trinajstić information content (AvgIpc) is 3.34. The van der Waals surface area contributed by atoms with Crippen LogP contribution in [0.25, 0.3) is 11.4 Å². The zero-order valence-corrected chi connectivity index (χ0v) is 14.1. The minimum absolute atomic E-state index is 0.101. The summed E-state index contributed by atoms with van der Waals surface area (Å²) in [6.07, 6.45) is 6.68. The quantitative estimate of drug-likeness (QED) is 0.895. The molecule has 0 bridgehead atoms. The molecule has 2 aliphatic rings. The molecule has 2 amide bonds. The third kappa shape index (κ3) is 2.96. The highest BCUT2D eigenvalue weighted by Gasteiger charge is 2.38. The summed E-state index contributed by atoms with van der Waals surface area (Å²) in [7, 11) is 0. The normalized spacial score (nSPS) is 21.6. The number of likely N-dealkylation sites (tertiary alicyclic amines) is 1. The number of hydrogen-bond donors (Lipinski definition) is 2. The molecular weight excluding hydrogens is 324 g/mol. The monoisotopic (exact) mass is 344 g/mol. The van der Waals surface area contributed by atoms with Crippen molar-refractivity contribution in [2.45, 2.75) is 38.1 Å². The molecule has 6 nitrogen and oxygen atoms in total. The molecule has 0 radical (unpaired) electrons. The zero-order valence-electron chi connectivity index (χ0n) is 13.3. The first-order valence-electron chi connectivity index (χ1n) is 8.40. The SMILES string of the molecule is O=C(Nc1nc(-c2ccc[nH]2)cs1)C1CC(=O)N(C2CCCC2)C1. The van der Waals surface area contributed by atoms with Crippen LogP contribution in [0.4, 0.5) is 5.13 Å². The van der Waals surface area contributed by atoms with Gasteiger partial charge in [-0.1, -0.05) is 12.8 Å². The number of H-pyrrole nitrogens is 1. The van der Waals surface area contributed by atoms with Gasteiger partial charge in [0.15, 0.2) is 5.13 Å². The van der Waals surface area contributed by atoms with Gasteiger partial charge in [0.2, 0.25) is 11.8 Å². The highest BCUT2D eigenvalue weighted by molar-refractivity contribution is 7.14. The maximum absolute atomic E-state index is 12.5. The van der Waals surface area contributed by atoms with E-state index >= 15 is 0 Å². The van der Waals surface area contributed by atoms with Crippen LogP contribution >= 0.6 is 11.3 Å². The molecule has 2 aromatic rings. The van der Waals surface area contributed by atoms with E-state index in [-0.39, 0.29) is 17.7 Å². The standard InChI is InChI=1S/C17H20N4O2S/c22-15-8-11(9-21(15)12-4-1-2-5-12)16(23)20-17-19-14(10-24-17)13-6-3-7-18-13/h3,6-7,10-12,18H,1-2,4-5,8-9H2,(H,19,20,23). The summed E-state index contributed by atoms with van der Waals surface area (Å²) in [4.78, 5) is 34.2. The fourth-order valence-electron chi connectivity index (χ4n) is 3.63. The number of aromatic nitrogens is 2. The maximum Gasteiger partial charge on any atom is 0.231 e. The van der Waals surface area contributed by atoms with Crippen molar-refractivity contribution in [1.29, 1.82) is 0 Å². The summed E-state index contributed by atoms with van der Waals surface area (Å²) in [6.45, 7) is 0.546. The van der Waals surface area contributed by atoms with Gasteiger partial charge >= 0.3 is 0 Å². The maximum atomic E-state index is 12.5. The molecule has 2 fully saturated rings. The summed E-state index contributed by atoms with van der Waals surface area (Å²) >= 11 is 1.40. The van der Waals surface area contributed by atoms with Gasteiger partial charge in [-0.05, 0) is 25.0 Å². The van der Waals surface area contributed by atoms with E-state index in [4.69, 9.17) is 0 Å². The average molecular weight is 344 g/mol. The molecule has 0 aromatic carbocycles. The van der Waals surface area contributed by atoms with Crippen LogP contribution in [0.1, 0.15) is 32.1 Å². The van der Waals surface area contributed by atoms with Crippen molar-refractivity contribution in [3.05, 3.63) is 23.7 Å². The fraction of sp³-hybridized carbons (Fsp3) is 0.471. The first-order chi connectivity index (χ1) is 11.7. The van der Waals surface area contributed by atoms with Gasteiger partial charge in [0.25, 0.3) is 0 Å². The molecule has 0 spiro atoms. The van der Waals surface area contributed by atoms with Gasteiger partial charge in [0.05, 0.1) is 17.3 Å². The fourth-order valence-corrected chi connectivity index (χ4v) is 4.34. The number of thiazole rings is 1. The lowest BCUT2D eigenvalue weighted by molar-refractivity contribution is -0.129. The molecule has 1 atom stereocenters. The summed E-state index contributed by atoms with van der Waals surface area (Å²) in [5.74, 6) is -0.250. The highest BCUT2D eigenvalue weighted by atomic mass is 32.1. The van der Waals surface area contributed by atoms with E-state index in [1.54, 1.807) is 0 Å². The molecule has 3 heterocycles. The van der Waals surface area contributed by atoms with Crippen molar-refractivity contribution in [3.8, 4) is 11.4 Å². The number of carbonyl (C=O) groups excluding carboxylic acids is 2. The first-order valence-corrected chi connectivity index (χ1v) is 9.28. The number of rotatable bonds is 4. The van der Waals surface area contributed by atoms with Crippen molar-refractivity contribution in [2.24, 2.45) is 5.92 Å². The Kier molecular flexibility index (Phi) is 4.10. The Balaban J connectivity index is 1.39. The number of aromatic amines is 1. The third-order valence-electron chi connectivity index (χ3n) is 4.90. The van der Waals surface area contributed by atoms with Crippen LogP contribution in [0.15, 0.2) is 23.7 Å². The highest BCUT2D eigenvalue weighted by Crippen LogP contribution is 2.30. The van der Waals surface area contributed by atoms with Gasteiger partial charge in [0, 0.05) is 30.6 Å².